The van der Waals surface area contributed by atoms with Gasteiger partial charge < -0.3 is 15.7 Å². The molecule has 4 heteroatoms. The lowest BCUT2D eigenvalue weighted by Crippen LogP contribution is -2.69. The molecule has 1 heterocycles. The molecule has 0 radical (unpaired) electrons. The molecule has 1 unspecified atom stereocenters. The molecule has 0 bridgehead atoms. The molecule has 0 aromatic heterocycles. The van der Waals surface area contributed by atoms with Crippen LogP contribution in [0.1, 0.15) is 25.7 Å². The Morgan fingerprint density at radius 2 is 2.31 bits per heavy atom. The Morgan fingerprint density at radius 3 is 2.81 bits per heavy atom. The third-order valence-corrected chi connectivity index (χ3v) is 3.56. The van der Waals surface area contributed by atoms with E-state index in [0.29, 0.717) is 5.92 Å². The zero-order valence-corrected chi connectivity index (χ0v) is 9.54. The van der Waals surface area contributed by atoms with Crippen molar-refractivity contribution in [3.63, 3.8) is 0 Å². The van der Waals surface area contributed by atoms with Gasteiger partial charge in [-0.2, -0.15) is 0 Å². The lowest BCUT2D eigenvalue weighted by Gasteiger charge is -2.43. The van der Waals surface area contributed by atoms with Crippen LogP contribution < -0.4 is 10.6 Å². The molecule has 90 valence electrons. The van der Waals surface area contributed by atoms with Crippen molar-refractivity contribution in [2.24, 2.45) is 5.92 Å². The summed E-state index contributed by atoms with van der Waals surface area (Å²) in [6.07, 6.45) is 8.20. The van der Waals surface area contributed by atoms with E-state index in [4.69, 9.17) is 5.11 Å². The summed E-state index contributed by atoms with van der Waals surface area (Å²) >= 11 is 0. The number of nitrogens with one attached hydrogen (secondary N) is 2. The van der Waals surface area contributed by atoms with Gasteiger partial charge >= 0.3 is 5.97 Å². The number of allylic oxidation sites excluding steroid dienone is 2. The summed E-state index contributed by atoms with van der Waals surface area (Å²) in [5, 5.41) is 15.5. The van der Waals surface area contributed by atoms with Crippen LogP contribution in [0.5, 0.6) is 0 Å². The van der Waals surface area contributed by atoms with Gasteiger partial charge in [0.2, 0.25) is 0 Å². The van der Waals surface area contributed by atoms with Crippen LogP contribution in [-0.2, 0) is 4.79 Å². The predicted molar refractivity (Wildman–Crippen MR) is 62.3 cm³/mol. The van der Waals surface area contributed by atoms with Gasteiger partial charge in [-0.25, -0.2) is 0 Å². The van der Waals surface area contributed by atoms with E-state index in [0.717, 1.165) is 32.5 Å². The molecule has 0 spiro atoms. The van der Waals surface area contributed by atoms with E-state index in [1.807, 2.05) is 0 Å². The van der Waals surface area contributed by atoms with Crippen LogP contribution in [-0.4, -0.2) is 36.2 Å². The van der Waals surface area contributed by atoms with Gasteiger partial charge in [-0.15, -0.1) is 0 Å². The van der Waals surface area contributed by atoms with Crippen molar-refractivity contribution in [1.29, 1.82) is 0 Å². The summed E-state index contributed by atoms with van der Waals surface area (Å²) in [5.41, 5.74) is -0.188. The van der Waals surface area contributed by atoms with Gasteiger partial charge in [-0.05, 0) is 31.7 Å². The molecule has 1 saturated heterocycles. The highest BCUT2D eigenvalue weighted by Gasteiger charge is 2.38. The van der Waals surface area contributed by atoms with Crippen molar-refractivity contribution in [3.8, 4) is 0 Å². The normalized spacial score (nSPS) is 27.4. The second-order valence-corrected chi connectivity index (χ2v) is 4.99. The lowest BCUT2D eigenvalue weighted by molar-refractivity contribution is -0.139. The largest absolute Gasteiger partial charge is 0.481 e. The molecule has 2 rings (SSSR count). The lowest BCUT2D eigenvalue weighted by atomic mass is 9.86. The number of hydrogen-bond acceptors (Lipinski definition) is 3. The van der Waals surface area contributed by atoms with E-state index in [2.05, 4.69) is 22.8 Å². The van der Waals surface area contributed by atoms with Gasteiger partial charge in [0.1, 0.15) is 0 Å². The zero-order valence-electron chi connectivity index (χ0n) is 9.54. The molecule has 2 aliphatic rings. The summed E-state index contributed by atoms with van der Waals surface area (Å²) in [4.78, 5) is 10.8. The van der Waals surface area contributed by atoms with E-state index >= 15 is 0 Å². The average Bonchev–Trinajstić information content (AvgIpc) is 2.23. The smallest absolute Gasteiger partial charge is 0.305 e. The molecule has 1 fully saturated rings. The first-order valence-corrected chi connectivity index (χ1v) is 6.03. The Kier molecular flexibility index (Phi) is 3.61. The predicted octanol–water partition coefficient (Wildman–Crippen LogP) is 0.749. The van der Waals surface area contributed by atoms with Crippen molar-refractivity contribution in [3.05, 3.63) is 12.2 Å². The first-order valence-electron chi connectivity index (χ1n) is 6.03. The number of aliphatic carboxylic acids is 1. The number of carbonyl (C=O) groups is 1. The van der Waals surface area contributed by atoms with Crippen LogP contribution in [0.2, 0.25) is 0 Å². The van der Waals surface area contributed by atoms with Crippen molar-refractivity contribution < 1.29 is 9.90 Å². The van der Waals surface area contributed by atoms with Crippen molar-refractivity contribution in [2.45, 2.75) is 31.2 Å². The molecule has 1 aliphatic carbocycles. The molecule has 0 aromatic rings. The number of carboxylic acid groups (broad SMARTS) is 1. The second-order valence-electron chi connectivity index (χ2n) is 4.99. The minimum absolute atomic E-state index is 0.188. The van der Waals surface area contributed by atoms with Crippen LogP contribution in [0.25, 0.3) is 0 Å². The van der Waals surface area contributed by atoms with Gasteiger partial charge in [0.15, 0.2) is 0 Å². The molecular weight excluding hydrogens is 204 g/mol. The number of hydrogen-bond donors (Lipinski definition) is 3. The Balaban J connectivity index is 1.78. The maximum absolute atomic E-state index is 10.8. The highest BCUT2D eigenvalue weighted by molar-refractivity contribution is 5.68. The number of rotatable bonds is 5. The Morgan fingerprint density at radius 1 is 1.50 bits per heavy atom. The molecule has 4 nitrogen and oxygen atoms in total. The van der Waals surface area contributed by atoms with Crippen molar-refractivity contribution in [2.75, 3.05) is 19.6 Å². The van der Waals surface area contributed by atoms with Crippen molar-refractivity contribution in [1.82, 2.24) is 10.6 Å². The first-order chi connectivity index (χ1) is 7.70. The Bertz CT molecular complexity index is 285. The van der Waals surface area contributed by atoms with Gasteiger partial charge in [-0.3, -0.25) is 4.79 Å². The van der Waals surface area contributed by atoms with E-state index in [1.54, 1.807) is 0 Å². The molecule has 1 aliphatic heterocycles. The number of carboxylic acids is 1. The summed E-state index contributed by atoms with van der Waals surface area (Å²) in [6, 6.07) is 0. The molecule has 0 aromatic carbocycles. The third-order valence-electron chi connectivity index (χ3n) is 3.56. The van der Waals surface area contributed by atoms with Crippen LogP contribution in [0.4, 0.5) is 0 Å². The first kappa shape index (κ1) is 11.6. The molecule has 0 saturated carbocycles. The van der Waals surface area contributed by atoms with Crippen LogP contribution in [0.15, 0.2) is 12.2 Å². The summed E-state index contributed by atoms with van der Waals surface area (Å²) in [5.74, 6) is -0.0335. The summed E-state index contributed by atoms with van der Waals surface area (Å²) in [7, 11) is 0. The van der Waals surface area contributed by atoms with Crippen molar-refractivity contribution >= 4 is 5.97 Å². The molecule has 0 amide bonds. The topological polar surface area (TPSA) is 61.4 Å². The molecular formula is C12H20N2O2. The highest BCUT2D eigenvalue weighted by atomic mass is 16.4. The summed E-state index contributed by atoms with van der Waals surface area (Å²) in [6.45, 7) is 2.50. The fourth-order valence-electron chi connectivity index (χ4n) is 2.43. The van der Waals surface area contributed by atoms with E-state index < -0.39 is 5.97 Å². The average molecular weight is 224 g/mol. The molecule has 1 atom stereocenters. The van der Waals surface area contributed by atoms with E-state index in [9.17, 15) is 4.79 Å². The summed E-state index contributed by atoms with van der Waals surface area (Å²) < 4.78 is 0. The van der Waals surface area contributed by atoms with Crippen LogP contribution in [0.3, 0.4) is 0 Å². The molecule has 16 heavy (non-hydrogen) atoms. The molecule has 3 N–H and O–H groups in total. The fourth-order valence-corrected chi connectivity index (χ4v) is 2.43. The zero-order chi connectivity index (χ0) is 11.4. The maximum Gasteiger partial charge on any atom is 0.305 e. The quantitative estimate of drug-likeness (QED) is 0.603. The SMILES string of the molecule is O=C(O)CC1(NCC2CC=CCC2)CNC1. The van der Waals surface area contributed by atoms with Gasteiger partial charge in [-0.1, -0.05) is 12.2 Å². The third kappa shape index (κ3) is 2.83. The standard InChI is InChI=1S/C12H20N2O2/c15-11(16)6-12(8-13-9-12)14-7-10-4-2-1-3-5-10/h1-2,10,13-14H,3-9H2,(H,15,16). The minimum atomic E-state index is -0.711. The maximum atomic E-state index is 10.8. The Labute approximate surface area is 96.1 Å². The monoisotopic (exact) mass is 224 g/mol. The van der Waals surface area contributed by atoms with Crippen LogP contribution >= 0.6 is 0 Å². The van der Waals surface area contributed by atoms with Crippen LogP contribution in [0, 0.1) is 5.92 Å². The highest BCUT2D eigenvalue weighted by Crippen LogP contribution is 2.21. The van der Waals surface area contributed by atoms with Gasteiger partial charge in [0, 0.05) is 13.1 Å². The van der Waals surface area contributed by atoms with E-state index in [-0.39, 0.29) is 12.0 Å². The fraction of sp³-hybridized carbons (Fsp3) is 0.750. The van der Waals surface area contributed by atoms with E-state index in [1.165, 1.54) is 6.42 Å². The van der Waals surface area contributed by atoms with Gasteiger partial charge in [0.05, 0.1) is 12.0 Å². The minimum Gasteiger partial charge on any atom is -0.481 e. The van der Waals surface area contributed by atoms with Gasteiger partial charge in [0.25, 0.3) is 0 Å². The second kappa shape index (κ2) is 4.97. The Hall–Kier alpha value is -0.870.